The SMILES string of the molecule is Cc1ccc(-c2nc(C(C)N)sc2C)cc1. The summed E-state index contributed by atoms with van der Waals surface area (Å²) in [7, 11) is 0. The highest BCUT2D eigenvalue weighted by molar-refractivity contribution is 7.12. The van der Waals surface area contributed by atoms with E-state index in [1.165, 1.54) is 16.0 Å². The first-order valence-electron chi connectivity index (χ1n) is 5.38. The zero-order valence-corrected chi connectivity index (χ0v) is 10.6. The van der Waals surface area contributed by atoms with E-state index in [4.69, 9.17) is 5.73 Å². The first-order chi connectivity index (χ1) is 7.58. The van der Waals surface area contributed by atoms with Crippen molar-refractivity contribution in [1.29, 1.82) is 0 Å². The van der Waals surface area contributed by atoms with Crippen LogP contribution in [0.2, 0.25) is 0 Å². The molecule has 0 bridgehead atoms. The van der Waals surface area contributed by atoms with Crippen molar-refractivity contribution in [2.24, 2.45) is 5.73 Å². The minimum absolute atomic E-state index is 0.0166. The maximum Gasteiger partial charge on any atom is 0.110 e. The van der Waals surface area contributed by atoms with E-state index in [1.54, 1.807) is 11.3 Å². The Hall–Kier alpha value is -1.19. The Kier molecular flexibility index (Phi) is 3.08. The molecule has 16 heavy (non-hydrogen) atoms. The van der Waals surface area contributed by atoms with Gasteiger partial charge in [-0.25, -0.2) is 4.98 Å². The predicted octanol–water partition coefficient (Wildman–Crippen LogP) is 3.45. The molecule has 0 aliphatic heterocycles. The van der Waals surface area contributed by atoms with Gasteiger partial charge in [0.2, 0.25) is 0 Å². The van der Waals surface area contributed by atoms with Gasteiger partial charge in [0.1, 0.15) is 5.01 Å². The van der Waals surface area contributed by atoms with Gasteiger partial charge in [0.15, 0.2) is 0 Å². The Bertz CT molecular complexity index is 483. The van der Waals surface area contributed by atoms with Crippen molar-refractivity contribution in [3.63, 3.8) is 0 Å². The largest absolute Gasteiger partial charge is 0.322 e. The van der Waals surface area contributed by atoms with Crippen LogP contribution in [0.4, 0.5) is 0 Å². The Balaban J connectivity index is 2.44. The number of rotatable bonds is 2. The molecule has 0 saturated carbocycles. The van der Waals surface area contributed by atoms with Gasteiger partial charge < -0.3 is 5.73 Å². The number of hydrogen-bond donors (Lipinski definition) is 1. The Morgan fingerprint density at radius 3 is 2.31 bits per heavy atom. The summed E-state index contributed by atoms with van der Waals surface area (Å²) in [4.78, 5) is 5.84. The number of aryl methyl sites for hydroxylation is 2. The van der Waals surface area contributed by atoms with Gasteiger partial charge in [-0.15, -0.1) is 11.3 Å². The van der Waals surface area contributed by atoms with Gasteiger partial charge >= 0.3 is 0 Å². The van der Waals surface area contributed by atoms with Crippen molar-refractivity contribution >= 4 is 11.3 Å². The monoisotopic (exact) mass is 232 g/mol. The molecule has 0 saturated heterocycles. The fraction of sp³-hybridized carbons (Fsp3) is 0.308. The summed E-state index contributed by atoms with van der Waals surface area (Å²) in [5.41, 5.74) is 9.35. The molecule has 1 unspecified atom stereocenters. The lowest BCUT2D eigenvalue weighted by molar-refractivity contribution is 0.808. The van der Waals surface area contributed by atoms with Crippen molar-refractivity contribution in [2.75, 3.05) is 0 Å². The lowest BCUT2D eigenvalue weighted by Crippen LogP contribution is -2.03. The van der Waals surface area contributed by atoms with E-state index >= 15 is 0 Å². The number of nitrogens with zero attached hydrogens (tertiary/aromatic N) is 1. The third-order valence-corrected chi connectivity index (χ3v) is 3.70. The van der Waals surface area contributed by atoms with E-state index in [1.807, 2.05) is 6.92 Å². The Morgan fingerprint density at radius 1 is 1.19 bits per heavy atom. The lowest BCUT2D eigenvalue weighted by atomic mass is 10.1. The van der Waals surface area contributed by atoms with E-state index in [0.717, 1.165) is 10.7 Å². The molecule has 1 atom stereocenters. The molecule has 1 aromatic carbocycles. The van der Waals surface area contributed by atoms with Crippen LogP contribution in [0.3, 0.4) is 0 Å². The number of thiazole rings is 1. The third-order valence-electron chi connectivity index (χ3n) is 2.53. The molecule has 0 fully saturated rings. The average Bonchev–Trinajstić information content (AvgIpc) is 2.62. The summed E-state index contributed by atoms with van der Waals surface area (Å²) in [5, 5.41) is 1.01. The summed E-state index contributed by atoms with van der Waals surface area (Å²) in [6.07, 6.45) is 0. The number of aromatic nitrogens is 1. The maximum absolute atomic E-state index is 5.85. The highest BCUT2D eigenvalue weighted by Crippen LogP contribution is 2.29. The number of hydrogen-bond acceptors (Lipinski definition) is 3. The smallest absolute Gasteiger partial charge is 0.110 e. The summed E-state index contributed by atoms with van der Waals surface area (Å²) >= 11 is 1.69. The van der Waals surface area contributed by atoms with E-state index in [0.29, 0.717) is 0 Å². The Morgan fingerprint density at radius 2 is 1.81 bits per heavy atom. The lowest BCUT2D eigenvalue weighted by Gasteiger charge is -2.00. The first-order valence-corrected chi connectivity index (χ1v) is 6.19. The van der Waals surface area contributed by atoms with Crippen molar-refractivity contribution < 1.29 is 0 Å². The van der Waals surface area contributed by atoms with Gasteiger partial charge in [0.05, 0.1) is 11.7 Å². The average molecular weight is 232 g/mol. The van der Waals surface area contributed by atoms with E-state index in [9.17, 15) is 0 Å². The molecule has 84 valence electrons. The van der Waals surface area contributed by atoms with E-state index in [-0.39, 0.29) is 6.04 Å². The van der Waals surface area contributed by atoms with Crippen LogP contribution in [0.15, 0.2) is 24.3 Å². The molecule has 2 aromatic rings. The molecule has 0 amide bonds. The molecule has 0 aliphatic rings. The molecule has 3 heteroatoms. The molecule has 2 rings (SSSR count). The fourth-order valence-electron chi connectivity index (χ4n) is 1.59. The maximum atomic E-state index is 5.85. The quantitative estimate of drug-likeness (QED) is 0.861. The van der Waals surface area contributed by atoms with Crippen LogP contribution in [-0.2, 0) is 0 Å². The molecule has 0 radical (unpaired) electrons. The summed E-state index contributed by atoms with van der Waals surface area (Å²) in [5.74, 6) is 0. The fourth-order valence-corrected chi connectivity index (χ4v) is 2.49. The van der Waals surface area contributed by atoms with Crippen LogP contribution >= 0.6 is 11.3 Å². The number of nitrogens with two attached hydrogens (primary N) is 1. The van der Waals surface area contributed by atoms with Crippen LogP contribution < -0.4 is 5.73 Å². The van der Waals surface area contributed by atoms with Crippen LogP contribution in [-0.4, -0.2) is 4.98 Å². The van der Waals surface area contributed by atoms with Gasteiger partial charge in [0.25, 0.3) is 0 Å². The van der Waals surface area contributed by atoms with Crippen LogP contribution in [0.25, 0.3) is 11.3 Å². The summed E-state index contributed by atoms with van der Waals surface area (Å²) in [6.45, 7) is 6.15. The highest BCUT2D eigenvalue weighted by atomic mass is 32.1. The van der Waals surface area contributed by atoms with Crippen LogP contribution in [0.5, 0.6) is 0 Å². The standard InChI is InChI=1S/C13H16N2S/c1-8-4-6-11(7-5-8)12-10(3)16-13(15-12)9(2)14/h4-7,9H,14H2,1-3H3. The van der Waals surface area contributed by atoms with Gasteiger partial charge in [-0.3, -0.25) is 0 Å². The summed E-state index contributed by atoms with van der Waals surface area (Å²) in [6, 6.07) is 8.47. The molecule has 0 spiro atoms. The van der Waals surface area contributed by atoms with Gasteiger partial charge in [-0.2, -0.15) is 0 Å². The molecule has 2 nitrogen and oxygen atoms in total. The van der Waals surface area contributed by atoms with Crippen molar-refractivity contribution in [2.45, 2.75) is 26.8 Å². The minimum atomic E-state index is 0.0166. The second-order valence-corrected chi connectivity index (χ2v) is 5.35. The van der Waals surface area contributed by atoms with Crippen molar-refractivity contribution in [1.82, 2.24) is 4.98 Å². The third kappa shape index (κ3) is 2.15. The van der Waals surface area contributed by atoms with Gasteiger partial charge in [-0.1, -0.05) is 29.8 Å². The molecular weight excluding hydrogens is 216 g/mol. The topological polar surface area (TPSA) is 38.9 Å². The molecule has 2 N–H and O–H groups in total. The van der Waals surface area contributed by atoms with Gasteiger partial charge in [0, 0.05) is 10.4 Å². The zero-order valence-electron chi connectivity index (χ0n) is 9.82. The van der Waals surface area contributed by atoms with Gasteiger partial charge in [-0.05, 0) is 20.8 Å². The second-order valence-electron chi connectivity index (χ2n) is 4.11. The Labute approximate surface area is 100 Å². The van der Waals surface area contributed by atoms with Crippen LogP contribution in [0.1, 0.15) is 28.4 Å². The zero-order chi connectivity index (χ0) is 11.7. The van der Waals surface area contributed by atoms with E-state index in [2.05, 4.69) is 43.1 Å². The summed E-state index contributed by atoms with van der Waals surface area (Å²) < 4.78 is 0. The highest BCUT2D eigenvalue weighted by Gasteiger charge is 2.11. The minimum Gasteiger partial charge on any atom is -0.322 e. The normalized spacial score (nSPS) is 12.8. The molecule has 0 aliphatic carbocycles. The van der Waals surface area contributed by atoms with Crippen LogP contribution in [0, 0.1) is 13.8 Å². The molecule has 1 aromatic heterocycles. The molecular formula is C13H16N2S. The second kappa shape index (κ2) is 4.36. The molecule has 1 heterocycles. The first kappa shape index (κ1) is 11.3. The predicted molar refractivity (Wildman–Crippen MR) is 69.6 cm³/mol. The van der Waals surface area contributed by atoms with E-state index < -0.39 is 0 Å². The van der Waals surface area contributed by atoms with Crippen molar-refractivity contribution in [3.8, 4) is 11.3 Å². The number of benzene rings is 1. The van der Waals surface area contributed by atoms with Crippen molar-refractivity contribution in [3.05, 3.63) is 39.7 Å².